The zero-order valence-electron chi connectivity index (χ0n) is 18.8. The number of hydrogen-bond acceptors (Lipinski definition) is 4. The third kappa shape index (κ3) is 5.10. The number of carbonyl (C=O) groups excluding carboxylic acids is 2. The van der Waals surface area contributed by atoms with Gasteiger partial charge >= 0.3 is 6.09 Å². The molecule has 0 bridgehead atoms. The Morgan fingerprint density at radius 1 is 1.16 bits per heavy atom. The highest BCUT2D eigenvalue weighted by Crippen LogP contribution is 2.26. The van der Waals surface area contributed by atoms with Gasteiger partial charge in [0.15, 0.2) is 0 Å². The average Bonchev–Trinajstić information content (AvgIpc) is 3.25. The Balaban J connectivity index is 1.53. The Kier molecular flexibility index (Phi) is 6.17. The van der Waals surface area contributed by atoms with E-state index in [1.54, 1.807) is 11.2 Å². The van der Waals surface area contributed by atoms with Crippen LogP contribution in [0.15, 0.2) is 54.9 Å². The average molecular weight is 435 g/mol. The molecule has 2 N–H and O–H groups in total. The fraction of sp³-hybridized carbons (Fsp3) is 0.400. The van der Waals surface area contributed by atoms with Gasteiger partial charge in [-0.25, -0.2) is 9.78 Å². The van der Waals surface area contributed by atoms with Crippen molar-refractivity contribution in [3.8, 4) is 0 Å². The molecule has 3 aromatic rings. The van der Waals surface area contributed by atoms with Crippen molar-refractivity contribution < 1.29 is 14.3 Å². The van der Waals surface area contributed by atoms with Gasteiger partial charge in [-0.05, 0) is 56.9 Å². The summed E-state index contributed by atoms with van der Waals surface area (Å²) in [5.41, 5.74) is 3.22. The van der Waals surface area contributed by atoms with Crippen LogP contribution in [0.4, 0.5) is 4.79 Å². The van der Waals surface area contributed by atoms with Gasteiger partial charge in [-0.2, -0.15) is 0 Å². The number of carbonyl (C=O) groups is 2. The number of likely N-dealkylation sites (tertiary alicyclic amines) is 1. The second-order valence-corrected chi connectivity index (χ2v) is 9.30. The number of H-pyrrole nitrogens is 1. The summed E-state index contributed by atoms with van der Waals surface area (Å²) in [6.45, 7) is 6.51. The predicted octanol–water partition coefficient (Wildman–Crippen LogP) is 4.42. The Morgan fingerprint density at radius 2 is 1.94 bits per heavy atom. The molecule has 4 rings (SSSR count). The maximum Gasteiger partial charge on any atom is 0.410 e. The maximum atomic E-state index is 13.3. The number of piperidine rings is 1. The number of nitrogens with zero attached hydrogens (tertiary/aromatic N) is 2. The van der Waals surface area contributed by atoms with Crippen LogP contribution in [0.3, 0.4) is 0 Å². The summed E-state index contributed by atoms with van der Waals surface area (Å²) < 4.78 is 5.50. The number of aromatic nitrogens is 2. The number of benzene rings is 2. The van der Waals surface area contributed by atoms with Gasteiger partial charge in [-0.1, -0.05) is 36.4 Å². The van der Waals surface area contributed by atoms with Crippen LogP contribution in [0.25, 0.3) is 11.0 Å². The first-order chi connectivity index (χ1) is 15.3. The van der Waals surface area contributed by atoms with Gasteiger partial charge in [0.2, 0.25) is 5.91 Å². The molecule has 2 heterocycles. The second kappa shape index (κ2) is 9.02. The molecule has 0 aliphatic carbocycles. The number of rotatable bonds is 4. The third-order valence-corrected chi connectivity index (χ3v) is 5.64. The monoisotopic (exact) mass is 434 g/mol. The van der Waals surface area contributed by atoms with Gasteiger partial charge in [0.05, 0.1) is 29.3 Å². The van der Waals surface area contributed by atoms with Crippen molar-refractivity contribution in [1.82, 2.24) is 20.2 Å². The van der Waals surface area contributed by atoms with E-state index in [9.17, 15) is 9.59 Å². The molecule has 7 heteroatoms. The lowest BCUT2D eigenvalue weighted by Crippen LogP contribution is -2.47. The van der Waals surface area contributed by atoms with Crippen LogP contribution in [0.1, 0.15) is 50.8 Å². The number of hydrogen-bond donors (Lipinski definition) is 2. The molecule has 1 aliphatic heterocycles. The minimum absolute atomic E-state index is 0.0585. The summed E-state index contributed by atoms with van der Waals surface area (Å²) in [5.74, 6) is -0.338. The molecule has 168 valence electrons. The summed E-state index contributed by atoms with van der Waals surface area (Å²) in [5, 5.41) is 3.23. The van der Waals surface area contributed by atoms with Crippen LogP contribution in [-0.2, 0) is 9.53 Å². The first kappa shape index (κ1) is 21.9. The molecular formula is C25H30N4O3. The van der Waals surface area contributed by atoms with Gasteiger partial charge in [0.25, 0.3) is 0 Å². The van der Waals surface area contributed by atoms with E-state index in [0.717, 1.165) is 35.0 Å². The smallest absolute Gasteiger partial charge is 0.410 e. The van der Waals surface area contributed by atoms with Crippen molar-refractivity contribution in [3.05, 3.63) is 66.0 Å². The fourth-order valence-corrected chi connectivity index (χ4v) is 4.08. The lowest BCUT2D eigenvalue weighted by Gasteiger charge is -2.34. The van der Waals surface area contributed by atoms with E-state index in [1.807, 2.05) is 69.3 Å². The molecule has 0 saturated carbocycles. The van der Waals surface area contributed by atoms with Gasteiger partial charge < -0.3 is 19.9 Å². The van der Waals surface area contributed by atoms with Crippen LogP contribution in [0.5, 0.6) is 0 Å². The van der Waals surface area contributed by atoms with E-state index in [2.05, 4.69) is 15.3 Å². The topological polar surface area (TPSA) is 87.3 Å². The van der Waals surface area contributed by atoms with Crippen molar-refractivity contribution in [2.75, 3.05) is 13.1 Å². The highest BCUT2D eigenvalue weighted by molar-refractivity contribution is 5.81. The lowest BCUT2D eigenvalue weighted by atomic mass is 9.94. The molecule has 1 aromatic heterocycles. The highest BCUT2D eigenvalue weighted by atomic mass is 16.6. The maximum absolute atomic E-state index is 13.3. The van der Waals surface area contributed by atoms with Crippen molar-refractivity contribution in [1.29, 1.82) is 0 Å². The molecule has 2 aromatic carbocycles. The Morgan fingerprint density at radius 3 is 2.69 bits per heavy atom. The number of fused-ring (bicyclic) bond motifs is 1. The van der Waals surface area contributed by atoms with Gasteiger partial charge in [-0.3, -0.25) is 4.79 Å². The van der Waals surface area contributed by atoms with Crippen LogP contribution in [0, 0.1) is 5.92 Å². The Labute approximate surface area is 188 Å². The van der Waals surface area contributed by atoms with E-state index in [-0.39, 0.29) is 24.0 Å². The Hall–Kier alpha value is -3.35. The van der Waals surface area contributed by atoms with E-state index in [4.69, 9.17) is 4.74 Å². The molecule has 2 unspecified atom stereocenters. The number of nitrogens with one attached hydrogen (secondary N) is 2. The minimum atomic E-state index is -0.560. The van der Waals surface area contributed by atoms with Gasteiger partial charge in [0, 0.05) is 13.1 Å². The summed E-state index contributed by atoms with van der Waals surface area (Å²) in [7, 11) is 0. The Bertz CT molecular complexity index is 1090. The minimum Gasteiger partial charge on any atom is -0.444 e. The second-order valence-electron chi connectivity index (χ2n) is 9.30. The summed E-state index contributed by atoms with van der Waals surface area (Å²) >= 11 is 0. The summed E-state index contributed by atoms with van der Waals surface area (Å²) in [4.78, 5) is 34.9. The standard InChI is InChI=1S/C25H30N4O3/c1-25(2,3)32-24(31)29-13-7-10-19(15-29)23(30)28-22(17-8-5-4-6-9-17)18-11-12-20-21(14-18)27-16-26-20/h4-6,8-9,11-12,14,16,19,22H,7,10,13,15H2,1-3H3,(H,26,27)(H,28,30). The molecule has 32 heavy (non-hydrogen) atoms. The molecule has 7 nitrogen and oxygen atoms in total. The molecule has 1 aliphatic rings. The highest BCUT2D eigenvalue weighted by Gasteiger charge is 2.32. The number of amides is 2. The predicted molar refractivity (Wildman–Crippen MR) is 123 cm³/mol. The van der Waals surface area contributed by atoms with Crippen LogP contribution in [-0.4, -0.2) is 45.6 Å². The van der Waals surface area contributed by atoms with Crippen LogP contribution >= 0.6 is 0 Å². The normalized spacial score (nSPS) is 17.7. The largest absolute Gasteiger partial charge is 0.444 e. The van der Waals surface area contributed by atoms with Gasteiger partial charge in [-0.15, -0.1) is 0 Å². The molecule has 1 saturated heterocycles. The quantitative estimate of drug-likeness (QED) is 0.637. The van der Waals surface area contributed by atoms with Crippen molar-refractivity contribution in [2.24, 2.45) is 5.92 Å². The number of aromatic amines is 1. The summed E-state index contributed by atoms with van der Waals surface area (Å²) in [6, 6.07) is 15.6. The molecular weight excluding hydrogens is 404 g/mol. The zero-order chi connectivity index (χ0) is 22.7. The van der Waals surface area contributed by atoms with E-state index in [0.29, 0.717) is 13.1 Å². The molecule has 0 radical (unpaired) electrons. The zero-order valence-corrected chi connectivity index (χ0v) is 18.8. The van der Waals surface area contributed by atoms with Crippen molar-refractivity contribution >= 4 is 23.0 Å². The van der Waals surface area contributed by atoms with Gasteiger partial charge in [0.1, 0.15) is 5.60 Å². The van der Waals surface area contributed by atoms with E-state index < -0.39 is 5.60 Å². The summed E-state index contributed by atoms with van der Waals surface area (Å²) in [6.07, 6.45) is 2.82. The van der Waals surface area contributed by atoms with E-state index >= 15 is 0 Å². The SMILES string of the molecule is CC(C)(C)OC(=O)N1CCCC(C(=O)NC(c2ccccc2)c2ccc3nc[nH]c3c2)C1. The van der Waals surface area contributed by atoms with Crippen LogP contribution < -0.4 is 5.32 Å². The van der Waals surface area contributed by atoms with Crippen molar-refractivity contribution in [2.45, 2.75) is 45.3 Å². The third-order valence-electron chi connectivity index (χ3n) is 5.64. The first-order valence-corrected chi connectivity index (χ1v) is 11.1. The molecule has 2 amide bonds. The molecule has 1 fully saturated rings. The van der Waals surface area contributed by atoms with Crippen LogP contribution in [0.2, 0.25) is 0 Å². The first-order valence-electron chi connectivity index (χ1n) is 11.1. The number of imidazole rings is 1. The lowest BCUT2D eigenvalue weighted by molar-refractivity contribution is -0.127. The molecule has 2 atom stereocenters. The number of ether oxygens (including phenoxy) is 1. The molecule has 0 spiro atoms. The van der Waals surface area contributed by atoms with Crippen molar-refractivity contribution in [3.63, 3.8) is 0 Å². The van der Waals surface area contributed by atoms with E-state index in [1.165, 1.54) is 0 Å². The fourth-order valence-electron chi connectivity index (χ4n) is 4.08.